The molecule has 0 amide bonds. The molecule has 2 aromatic rings. The van der Waals surface area contributed by atoms with Gasteiger partial charge in [0.1, 0.15) is 0 Å². The van der Waals surface area contributed by atoms with Gasteiger partial charge in [0.25, 0.3) is 0 Å². The summed E-state index contributed by atoms with van der Waals surface area (Å²) < 4.78 is 0. The molecule has 0 bridgehead atoms. The Labute approximate surface area is 134 Å². The lowest BCUT2D eigenvalue weighted by atomic mass is 9.87. The van der Waals surface area contributed by atoms with Crippen LogP contribution in [0, 0.1) is 0 Å². The highest BCUT2D eigenvalue weighted by Gasteiger charge is 2.13. The summed E-state index contributed by atoms with van der Waals surface area (Å²) >= 11 is 0. The van der Waals surface area contributed by atoms with Gasteiger partial charge in [-0.2, -0.15) is 10.2 Å². The van der Waals surface area contributed by atoms with Crippen LogP contribution in [0.1, 0.15) is 52.7 Å². The Morgan fingerprint density at radius 1 is 0.500 bits per heavy atom. The van der Waals surface area contributed by atoms with Gasteiger partial charge < -0.3 is 0 Å². The maximum atomic E-state index is 4.32. The van der Waals surface area contributed by atoms with Crippen molar-refractivity contribution in [2.24, 2.45) is 10.2 Å². The SMILES string of the molecule is CC(C)(C)c1ccc(/N=N\c2ccc(C(C)(C)C)cc2)cc1. The first-order valence-corrected chi connectivity index (χ1v) is 7.79. The standard InChI is InChI=1S/C20H26N2/c1-19(2,3)15-7-11-17(12-8-15)21-22-18-13-9-16(10-14-18)20(4,5)6/h7-14H,1-6H3/b22-21-. The molecule has 0 fully saturated rings. The van der Waals surface area contributed by atoms with Gasteiger partial charge in [-0.25, -0.2) is 0 Å². The van der Waals surface area contributed by atoms with Gasteiger partial charge in [-0.3, -0.25) is 0 Å². The van der Waals surface area contributed by atoms with E-state index in [1.165, 1.54) is 11.1 Å². The summed E-state index contributed by atoms with van der Waals surface area (Å²) in [6.45, 7) is 13.3. The molecule has 0 aromatic heterocycles. The van der Waals surface area contributed by atoms with Crippen LogP contribution in [0.3, 0.4) is 0 Å². The van der Waals surface area contributed by atoms with E-state index in [-0.39, 0.29) is 10.8 Å². The lowest BCUT2D eigenvalue weighted by Crippen LogP contribution is -2.10. The van der Waals surface area contributed by atoms with E-state index in [2.05, 4.69) is 76.0 Å². The summed E-state index contributed by atoms with van der Waals surface area (Å²) in [7, 11) is 0. The van der Waals surface area contributed by atoms with E-state index < -0.39 is 0 Å². The van der Waals surface area contributed by atoms with Gasteiger partial charge in [-0.15, -0.1) is 0 Å². The Morgan fingerprint density at radius 3 is 1.00 bits per heavy atom. The van der Waals surface area contributed by atoms with Crippen molar-refractivity contribution in [3.63, 3.8) is 0 Å². The van der Waals surface area contributed by atoms with Crippen LogP contribution in [0.2, 0.25) is 0 Å². The average Bonchev–Trinajstić information content (AvgIpc) is 2.44. The molecule has 0 heterocycles. The van der Waals surface area contributed by atoms with E-state index in [0.717, 1.165) is 11.4 Å². The van der Waals surface area contributed by atoms with Crippen LogP contribution in [-0.2, 0) is 10.8 Å². The molecule has 0 aliphatic carbocycles. The van der Waals surface area contributed by atoms with Crippen molar-refractivity contribution in [2.75, 3.05) is 0 Å². The summed E-state index contributed by atoms with van der Waals surface area (Å²) in [5.41, 5.74) is 4.71. The summed E-state index contributed by atoms with van der Waals surface area (Å²) in [5, 5.41) is 8.63. The molecular formula is C20H26N2. The van der Waals surface area contributed by atoms with Gasteiger partial charge in [0, 0.05) is 0 Å². The van der Waals surface area contributed by atoms with Gasteiger partial charge in [0.2, 0.25) is 0 Å². The Hall–Kier alpha value is -1.96. The first-order valence-electron chi connectivity index (χ1n) is 7.79. The number of rotatable bonds is 2. The lowest BCUT2D eigenvalue weighted by molar-refractivity contribution is 0.590. The minimum absolute atomic E-state index is 0.165. The van der Waals surface area contributed by atoms with Crippen LogP contribution in [0.15, 0.2) is 58.8 Å². The van der Waals surface area contributed by atoms with Gasteiger partial charge in [-0.05, 0) is 46.2 Å². The normalized spacial score (nSPS) is 12.8. The summed E-state index contributed by atoms with van der Waals surface area (Å²) in [5.74, 6) is 0. The predicted molar refractivity (Wildman–Crippen MR) is 94.5 cm³/mol. The van der Waals surface area contributed by atoms with Crippen molar-refractivity contribution >= 4 is 11.4 Å². The topological polar surface area (TPSA) is 24.7 Å². The number of nitrogens with zero attached hydrogens (tertiary/aromatic N) is 2. The minimum atomic E-state index is 0.165. The van der Waals surface area contributed by atoms with Crippen LogP contribution >= 0.6 is 0 Å². The maximum absolute atomic E-state index is 4.32. The molecule has 0 aliphatic rings. The monoisotopic (exact) mass is 294 g/mol. The molecule has 2 aromatic carbocycles. The van der Waals surface area contributed by atoms with Crippen LogP contribution < -0.4 is 0 Å². The lowest BCUT2D eigenvalue weighted by Gasteiger charge is -2.18. The molecule has 2 heteroatoms. The largest absolute Gasteiger partial charge is 0.151 e. The first-order chi connectivity index (χ1) is 10.2. The van der Waals surface area contributed by atoms with Crippen molar-refractivity contribution in [1.29, 1.82) is 0 Å². The van der Waals surface area contributed by atoms with E-state index in [1.54, 1.807) is 0 Å². The van der Waals surface area contributed by atoms with Crippen molar-refractivity contribution in [3.8, 4) is 0 Å². The predicted octanol–water partition coefficient (Wildman–Crippen LogP) is 6.70. The molecule has 0 N–H and O–H groups in total. The number of azo groups is 1. The van der Waals surface area contributed by atoms with Crippen LogP contribution in [0.4, 0.5) is 11.4 Å². The van der Waals surface area contributed by atoms with E-state index in [9.17, 15) is 0 Å². The zero-order valence-corrected chi connectivity index (χ0v) is 14.5. The second kappa shape index (κ2) is 6.04. The van der Waals surface area contributed by atoms with Gasteiger partial charge in [0.15, 0.2) is 0 Å². The molecule has 0 unspecified atom stereocenters. The molecule has 22 heavy (non-hydrogen) atoms. The molecule has 2 nitrogen and oxygen atoms in total. The molecule has 0 saturated carbocycles. The molecule has 0 radical (unpaired) electrons. The second-order valence-corrected chi connectivity index (χ2v) is 7.79. The Kier molecular flexibility index (Phi) is 4.50. The number of benzene rings is 2. The minimum Gasteiger partial charge on any atom is -0.151 e. The molecule has 0 atom stereocenters. The molecule has 2 rings (SSSR count). The van der Waals surface area contributed by atoms with E-state index in [0.29, 0.717) is 0 Å². The maximum Gasteiger partial charge on any atom is 0.0857 e. The van der Waals surface area contributed by atoms with E-state index >= 15 is 0 Å². The van der Waals surface area contributed by atoms with E-state index in [4.69, 9.17) is 0 Å². The van der Waals surface area contributed by atoms with Crippen LogP contribution in [-0.4, -0.2) is 0 Å². The molecule has 0 saturated heterocycles. The summed E-state index contributed by atoms with van der Waals surface area (Å²) in [6.07, 6.45) is 0. The fourth-order valence-electron chi connectivity index (χ4n) is 2.17. The Bertz CT molecular complexity index is 577. The fraction of sp³-hybridized carbons (Fsp3) is 0.400. The average molecular weight is 294 g/mol. The molecule has 0 spiro atoms. The molecule has 116 valence electrons. The van der Waals surface area contributed by atoms with Crippen molar-refractivity contribution in [3.05, 3.63) is 59.7 Å². The summed E-state index contributed by atoms with van der Waals surface area (Å²) in [4.78, 5) is 0. The third kappa shape index (κ3) is 4.27. The molecule has 0 aliphatic heterocycles. The van der Waals surface area contributed by atoms with Crippen LogP contribution in [0.25, 0.3) is 0 Å². The van der Waals surface area contributed by atoms with Crippen molar-refractivity contribution in [1.82, 2.24) is 0 Å². The first kappa shape index (κ1) is 16.4. The number of hydrogen-bond acceptors (Lipinski definition) is 2. The highest BCUT2D eigenvalue weighted by atomic mass is 15.1. The van der Waals surface area contributed by atoms with Gasteiger partial charge >= 0.3 is 0 Å². The second-order valence-electron chi connectivity index (χ2n) is 7.79. The third-order valence-corrected chi connectivity index (χ3v) is 3.75. The van der Waals surface area contributed by atoms with Crippen molar-refractivity contribution < 1.29 is 0 Å². The highest BCUT2D eigenvalue weighted by molar-refractivity contribution is 5.43. The smallest absolute Gasteiger partial charge is 0.0857 e. The van der Waals surface area contributed by atoms with Crippen molar-refractivity contribution in [2.45, 2.75) is 52.4 Å². The Balaban J connectivity index is 2.12. The molecular weight excluding hydrogens is 268 g/mol. The van der Waals surface area contributed by atoms with E-state index in [1.807, 2.05) is 24.3 Å². The van der Waals surface area contributed by atoms with Gasteiger partial charge in [0.05, 0.1) is 11.4 Å². The zero-order chi connectivity index (χ0) is 16.4. The van der Waals surface area contributed by atoms with Crippen LogP contribution in [0.5, 0.6) is 0 Å². The van der Waals surface area contributed by atoms with Gasteiger partial charge in [-0.1, -0.05) is 65.8 Å². The zero-order valence-electron chi connectivity index (χ0n) is 14.5. The Morgan fingerprint density at radius 2 is 0.773 bits per heavy atom. The third-order valence-electron chi connectivity index (χ3n) is 3.75. The highest BCUT2D eigenvalue weighted by Crippen LogP contribution is 2.27. The fourth-order valence-corrected chi connectivity index (χ4v) is 2.17. The summed E-state index contributed by atoms with van der Waals surface area (Å²) in [6, 6.07) is 16.6. The quantitative estimate of drug-likeness (QED) is 0.551. The number of hydrogen-bond donors (Lipinski definition) is 0.